The molecular formula is C67H71N3O. The summed E-state index contributed by atoms with van der Waals surface area (Å²) in [4.78, 5) is 10.5. The minimum Gasteiger partial charge on any atom is -0.507 e. The van der Waals surface area contributed by atoms with Crippen LogP contribution in [0, 0.1) is 6.92 Å². The zero-order valence-electron chi connectivity index (χ0n) is 53.8. The lowest BCUT2D eigenvalue weighted by Gasteiger charge is -2.22. The highest BCUT2D eigenvalue weighted by Crippen LogP contribution is 2.46. The molecule has 1 N–H and O–H groups in total. The van der Waals surface area contributed by atoms with Gasteiger partial charge in [-0.05, 0) is 150 Å². The van der Waals surface area contributed by atoms with Crippen LogP contribution in [-0.4, -0.2) is 19.6 Å². The number of hydrogen-bond donors (Lipinski definition) is 1. The largest absolute Gasteiger partial charge is 0.507 e. The molecule has 4 heteroatoms. The van der Waals surface area contributed by atoms with Gasteiger partial charge in [-0.25, -0.2) is 4.98 Å². The standard InChI is InChI=1S/C67H71N3O/c1-41(2)48-37-55(42(3)4)63(71)58(38-48)64-69-62-54(49-34-50(36-53(35-49)67(12,13)14)59-39-47(31-32-68-59)44-23-27-51(28-24-44)65(6,7)8)21-18-22-60(62)70(64)61-40-56(45-19-16-15-17-20-45)43(5)33-57(61)46-25-29-52(30-26-46)66(9,10)11/h15-42,71H,1-14H3/i6D3,7D3,8D3,41D,42D. The number of pyridine rings is 1. The Morgan fingerprint density at radius 1 is 0.521 bits per heavy atom. The SMILES string of the molecule is [2H]C(C)(C)c1cc(-c2nc3c(-c4cc(-c5cc(-c6ccc(C(C([2H])([2H])[2H])(C([2H])([2H])[2H])C([2H])([2H])[2H])cc6)ccn5)cc(C(C)(C)C)c4)cccc3n2-c2cc(-c3ccccc3)c(C)cc2-c2ccc(C(C)(C)C)cc2)c(O)c(C([2H])(C)C)c1. The smallest absolute Gasteiger partial charge is 0.149 e. The Hall–Kier alpha value is -7.04. The van der Waals surface area contributed by atoms with Crippen LogP contribution in [-0.2, 0) is 16.2 Å². The number of aryl methyl sites for hydroxylation is 1. The minimum atomic E-state index is -3.39. The van der Waals surface area contributed by atoms with Gasteiger partial charge >= 0.3 is 0 Å². The van der Waals surface area contributed by atoms with Crippen LogP contribution in [0.4, 0.5) is 0 Å². The molecule has 9 aromatic rings. The molecule has 9 rings (SSSR count). The van der Waals surface area contributed by atoms with Crippen LogP contribution >= 0.6 is 0 Å². The van der Waals surface area contributed by atoms with E-state index in [4.69, 9.17) is 22.3 Å². The summed E-state index contributed by atoms with van der Waals surface area (Å²) in [5.41, 5.74) is 11.1. The number of hydrogen-bond acceptors (Lipinski definition) is 3. The molecule has 0 saturated carbocycles. The lowest BCUT2D eigenvalue weighted by Crippen LogP contribution is -2.11. The highest BCUT2D eigenvalue weighted by molar-refractivity contribution is 5.98. The van der Waals surface area contributed by atoms with Gasteiger partial charge in [0.2, 0.25) is 0 Å². The quantitative estimate of drug-likeness (QED) is 0.157. The second-order valence-corrected chi connectivity index (χ2v) is 21.5. The molecule has 360 valence electrons. The predicted octanol–water partition coefficient (Wildman–Crippen LogP) is 18.6. The van der Waals surface area contributed by atoms with Gasteiger partial charge in [0.1, 0.15) is 11.6 Å². The van der Waals surface area contributed by atoms with Crippen molar-refractivity contribution in [1.29, 1.82) is 0 Å². The summed E-state index contributed by atoms with van der Waals surface area (Å²) in [7, 11) is 0. The summed E-state index contributed by atoms with van der Waals surface area (Å²) < 4.78 is 95.0. The molecule has 0 fully saturated rings. The third kappa shape index (κ3) is 9.74. The van der Waals surface area contributed by atoms with Gasteiger partial charge in [0, 0.05) is 38.0 Å². The Bertz CT molecular complexity index is 3830. The van der Waals surface area contributed by atoms with E-state index in [0.29, 0.717) is 44.9 Å². The van der Waals surface area contributed by atoms with Gasteiger partial charge in [-0.15, -0.1) is 0 Å². The Morgan fingerprint density at radius 3 is 1.79 bits per heavy atom. The summed E-state index contributed by atoms with van der Waals surface area (Å²) in [6, 6.07) is 48.7. The Labute approximate surface area is 439 Å². The third-order valence-electron chi connectivity index (χ3n) is 13.7. The molecule has 4 nitrogen and oxygen atoms in total. The fraction of sp³-hybridized carbons (Fsp3) is 0.284. The molecular weight excluding hydrogens is 863 g/mol. The number of aromatic nitrogens is 3. The molecule has 0 radical (unpaired) electrons. The van der Waals surface area contributed by atoms with Gasteiger partial charge in [-0.2, -0.15) is 0 Å². The fourth-order valence-corrected chi connectivity index (χ4v) is 9.47. The van der Waals surface area contributed by atoms with Crippen molar-refractivity contribution in [2.24, 2.45) is 0 Å². The lowest BCUT2D eigenvalue weighted by atomic mass is 9.83. The van der Waals surface area contributed by atoms with Gasteiger partial charge in [-0.1, -0.05) is 193 Å². The number of imidazole rings is 1. The van der Waals surface area contributed by atoms with Crippen molar-refractivity contribution in [3.05, 3.63) is 191 Å². The fourth-order valence-electron chi connectivity index (χ4n) is 9.47. The van der Waals surface area contributed by atoms with Crippen molar-refractivity contribution in [2.45, 2.75) is 125 Å². The van der Waals surface area contributed by atoms with Crippen molar-refractivity contribution in [1.82, 2.24) is 14.5 Å². The number of rotatable bonds is 9. The molecule has 0 aliphatic rings. The van der Waals surface area contributed by atoms with E-state index in [-0.39, 0.29) is 22.1 Å². The number of phenols is 1. The van der Waals surface area contributed by atoms with E-state index >= 15 is 0 Å². The van der Waals surface area contributed by atoms with Gasteiger partial charge < -0.3 is 5.11 Å². The molecule has 0 aliphatic heterocycles. The van der Waals surface area contributed by atoms with E-state index in [0.717, 1.165) is 61.3 Å². The number of phenolic OH excluding ortho intramolecular Hbond substituents is 1. The van der Waals surface area contributed by atoms with Crippen molar-refractivity contribution in [3.63, 3.8) is 0 Å². The first-order valence-corrected chi connectivity index (χ1v) is 24.4. The second-order valence-electron chi connectivity index (χ2n) is 21.5. The maximum absolute atomic E-state index is 12.7. The Morgan fingerprint density at radius 2 is 1.15 bits per heavy atom. The highest BCUT2D eigenvalue weighted by Gasteiger charge is 2.27. The number of benzene rings is 7. The van der Waals surface area contributed by atoms with Crippen LogP contribution in [0.2, 0.25) is 0 Å². The molecule has 0 bridgehead atoms. The molecule has 0 unspecified atom stereocenters. The molecule has 0 aliphatic carbocycles. The number of para-hydroxylation sites is 1. The van der Waals surface area contributed by atoms with Crippen molar-refractivity contribution in [2.75, 3.05) is 0 Å². The second kappa shape index (κ2) is 18.6. The van der Waals surface area contributed by atoms with E-state index in [1.54, 1.807) is 58.2 Å². The number of fused-ring (bicyclic) bond motifs is 1. The minimum absolute atomic E-state index is 0.0846. The average Bonchev–Trinajstić information content (AvgIpc) is 1.20. The summed E-state index contributed by atoms with van der Waals surface area (Å²) in [6.45, 7) is 12.0. The van der Waals surface area contributed by atoms with Gasteiger partial charge in [0.15, 0.2) is 0 Å². The molecule has 2 aromatic heterocycles. The Balaban J connectivity index is 1.32. The summed E-state index contributed by atoms with van der Waals surface area (Å²) in [5, 5.41) is 12.7. The molecule has 7 aromatic carbocycles. The first-order valence-electron chi connectivity index (χ1n) is 29.9. The van der Waals surface area contributed by atoms with E-state index in [1.165, 1.54) is 17.7 Å². The maximum Gasteiger partial charge on any atom is 0.149 e. The van der Waals surface area contributed by atoms with E-state index < -0.39 is 37.8 Å². The van der Waals surface area contributed by atoms with Gasteiger partial charge in [0.25, 0.3) is 0 Å². The highest BCUT2D eigenvalue weighted by atomic mass is 16.3. The molecule has 2 heterocycles. The monoisotopic (exact) mass is 945 g/mol. The maximum atomic E-state index is 12.7. The predicted molar refractivity (Wildman–Crippen MR) is 302 cm³/mol. The van der Waals surface area contributed by atoms with Crippen LogP contribution in [0.1, 0.15) is 150 Å². The van der Waals surface area contributed by atoms with Crippen LogP contribution in [0.15, 0.2) is 158 Å². The van der Waals surface area contributed by atoms with Gasteiger partial charge in [0.05, 0.1) is 28.0 Å². The van der Waals surface area contributed by atoms with Crippen molar-refractivity contribution >= 4 is 11.0 Å². The Kier molecular flexibility index (Phi) is 9.66. The zero-order chi connectivity index (χ0) is 60.1. The van der Waals surface area contributed by atoms with Gasteiger partial charge in [-0.3, -0.25) is 9.55 Å². The molecule has 0 amide bonds. The van der Waals surface area contributed by atoms with Crippen LogP contribution in [0.3, 0.4) is 0 Å². The van der Waals surface area contributed by atoms with Crippen molar-refractivity contribution < 1.29 is 20.2 Å². The topological polar surface area (TPSA) is 50.9 Å². The normalized spacial score (nSPS) is 15.5. The summed E-state index contributed by atoms with van der Waals surface area (Å²) in [5.74, 6) is -2.04. The van der Waals surface area contributed by atoms with E-state index in [9.17, 15) is 7.85 Å². The third-order valence-corrected chi connectivity index (χ3v) is 13.7. The lowest BCUT2D eigenvalue weighted by molar-refractivity contribution is 0.466. The van der Waals surface area contributed by atoms with Crippen LogP contribution in [0.5, 0.6) is 5.75 Å². The number of aromatic hydroxyl groups is 1. The molecule has 0 saturated heterocycles. The average molecular weight is 945 g/mol. The van der Waals surface area contributed by atoms with Crippen LogP contribution in [0.25, 0.3) is 83.9 Å². The zero-order valence-corrected chi connectivity index (χ0v) is 42.8. The molecule has 0 spiro atoms. The van der Waals surface area contributed by atoms with E-state index in [2.05, 4.69) is 120 Å². The van der Waals surface area contributed by atoms with Crippen LogP contribution < -0.4 is 0 Å². The van der Waals surface area contributed by atoms with E-state index in [1.807, 2.05) is 48.5 Å². The van der Waals surface area contributed by atoms with Crippen molar-refractivity contribution in [3.8, 4) is 78.6 Å². The molecule has 71 heavy (non-hydrogen) atoms. The number of nitrogens with zero attached hydrogens (tertiary/aromatic N) is 3. The first kappa shape index (κ1) is 36.8. The summed E-state index contributed by atoms with van der Waals surface area (Å²) >= 11 is 0. The summed E-state index contributed by atoms with van der Waals surface area (Å²) in [6.07, 6.45) is 1.67. The first-order chi connectivity index (χ1) is 37.9. The molecule has 0 atom stereocenters.